The van der Waals surface area contributed by atoms with Gasteiger partial charge in [0.2, 0.25) is 0 Å². The summed E-state index contributed by atoms with van der Waals surface area (Å²) < 4.78 is 0. The van der Waals surface area contributed by atoms with Crippen molar-refractivity contribution in [2.45, 2.75) is 12.8 Å². The fourth-order valence-corrected chi connectivity index (χ4v) is 3.80. The number of benzene rings is 2. The molecule has 1 aromatic heterocycles. The third kappa shape index (κ3) is 3.87. The van der Waals surface area contributed by atoms with Gasteiger partial charge in [-0.15, -0.1) is 0 Å². The Morgan fingerprint density at radius 3 is 2.59 bits per heavy atom. The molecule has 1 amide bonds. The van der Waals surface area contributed by atoms with Gasteiger partial charge in [0.05, 0.1) is 5.69 Å². The zero-order chi connectivity index (χ0) is 18.6. The Morgan fingerprint density at radius 2 is 1.78 bits per heavy atom. The first-order chi connectivity index (χ1) is 13.2. The minimum Gasteiger partial charge on any atom is -0.465 e. The van der Waals surface area contributed by atoms with Crippen LogP contribution >= 0.6 is 0 Å². The van der Waals surface area contributed by atoms with Gasteiger partial charge in [-0.3, -0.25) is 0 Å². The van der Waals surface area contributed by atoms with Gasteiger partial charge in [0.15, 0.2) is 0 Å². The zero-order valence-corrected chi connectivity index (χ0v) is 15.1. The topological polar surface area (TPSA) is 65.5 Å². The molecule has 0 bridgehead atoms. The van der Waals surface area contributed by atoms with Gasteiger partial charge < -0.3 is 15.3 Å². The summed E-state index contributed by atoms with van der Waals surface area (Å²) in [6.07, 6.45) is 1.00. The molecular formula is C22H23N3O2. The van der Waals surface area contributed by atoms with E-state index in [1.165, 1.54) is 10.8 Å². The highest BCUT2D eigenvalue weighted by Gasteiger charge is 2.21. The summed E-state index contributed by atoms with van der Waals surface area (Å²) in [5.41, 5.74) is 2.13. The summed E-state index contributed by atoms with van der Waals surface area (Å²) in [6.45, 7) is 2.34. The molecule has 27 heavy (non-hydrogen) atoms. The largest absolute Gasteiger partial charge is 0.465 e. The Labute approximate surface area is 158 Å². The van der Waals surface area contributed by atoms with Crippen LogP contribution in [-0.4, -0.2) is 35.8 Å². The van der Waals surface area contributed by atoms with Crippen LogP contribution in [0.2, 0.25) is 0 Å². The average molecular weight is 361 g/mol. The predicted molar refractivity (Wildman–Crippen MR) is 108 cm³/mol. The van der Waals surface area contributed by atoms with Crippen molar-refractivity contribution in [1.82, 2.24) is 10.3 Å². The molecule has 0 aliphatic carbocycles. The lowest BCUT2D eigenvalue weighted by molar-refractivity contribution is 0.191. The maximum Gasteiger partial charge on any atom is 0.404 e. The number of hydrogen-bond acceptors (Lipinski definition) is 3. The van der Waals surface area contributed by atoms with E-state index in [-0.39, 0.29) is 0 Å². The number of amides is 1. The Morgan fingerprint density at radius 1 is 1.04 bits per heavy atom. The highest BCUT2D eigenvalue weighted by molar-refractivity contribution is 5.95. The van der Waals surface area contributed by atoms with Crippen molar-refractivity contribution in [3.63, 3.8) is 0 Å². The molecule has 2 heterocycles. The lowest BCUT2D eigenvalue weighted by atomic mass is 9.97. The first kappa shape index (κ1) is 17.3. The van der Waals surface area contributed by atoms with E-state index in [0.29, 0.717) is 12.5 Å². The smallest absolute Gasteiger partial charge is 0.404 e. The van der Waals surface area contributed by atoms with Crippen LogP contribution in [0.1, 0.15) is 12.8 Å². The molecule has 4 rings (SSSR count). The van der Waals surface area contributed by atoms with Crippen LogP contribution in [0.5, 0.6) is 0 Å². The highest BCUT2D eigenvalue weighted by atomic mass is 16.4. The lowest BCUT2D eigenvalue weighted by Gasteiger charge is -2.32. The van der Waals surface area contributed by atoms with Crippen molar-refractivity contribution in [3.8, 4) is 11.3 Å². The Balaban J connectivity index is 1.53. The number of aromatic nitrogens is 1. The van der Waals surface area contributed by atoms with Crippen LogP contribution in [0.25, 0.3) is 22.0 Å². The average Bonchev–Trinajstić information content (AvgIpc) is 2.72. The molecule has 0 atom stereocenters. The van der Waals surface area contributed by atoms with Gasteiger partial charge in [0.25, 0.3) is 0 Å². The number of nitrogens with zero attached hydrogens (tertiary/aromatic N) is 2. The maximum atomic E-state index is 10.7. The van der Waals surface area contributed by atoms with E-state index in [0.717, 1.165) is 43.0 Å². The third-order valence-electron chi connectivity index (χ3n) is 5.28. The molecular weight excluding hydrogens is 338 g/mol. The quantitative estimate of drug-likeness (QED) is 0.723. The number of anilines is 1. The van der Waals surface area contributed by atoms with E-state index in [4.69, 9.17) is 10.1 Å². The minimum absolute atomic E-state index is 0.401. The molecule has 0 spiro atoms. The first-order valence-corrected chi connectivity index (χ1v) is 9.37. The van der Waals surface area contributed by atoms with Gasteiger partial charge in [-0.2, -0.15) is 0 Å². The summed E-state index contributed by atoms with van der Waals surface area (Å²) in [5.74, 6) is 1.39. The minimum atomic E-state index is -0.943. The van der Waals surface area contributed by atoms with Gasteiger partial charge in [0, 0.05) is 25.2 Å². The summed E-state index contributed by atoms with van der Waals surface area (Å²) in [4.78, 5) is 17.9. The second kappa shape index (κ2) is 7.66. The van der Waals surface area contributed by atoms with Gasteiger partial charge in [-0.25, -0.2) is 9.78 Å². The van der Waals surface area contributed by atoms with Crippen molar-refractivity contribution >= 4 is 22.7 Å². The maximum absolute atomic E-state index is 10.7. The number of carbonyl (C=O) groups is 1. The standard InChI is InChI=1S/C22H23N3O2/c26-22(27)23-15-16-11-13-25(14-12-16)21-10-4-9-20(24-21)19-8-3-6-17-5-1-2-7-18(17)19/h1-10,16,23H,11-15H2,(H,26,27). The number of pyridine rings is 1. The van der Waals surface area contributed by atoms with E-state index < -0.39 is 6.09 Å². The first-order valence-electron chi connectivity index (χ1n) is 9.37. The van der Waals surface area contributed by atoms with Crippen LogP contribution < -0.4 is 10.2 Å². The van der Waals surface area contributed by atoms with Gasteiger partial charge >= 0.3 is 6.09 Å². The Bertz CT molecular complexity index is 944. The van der Waals surface area contributed by atoms with E-state index in [9.17, 15) is 4.79 Å². The molecule has 1 aliphatic heterocycles. The molecule has 2 aromatic carbocycles. The lowest BCUT2D eigenvalue weighted by Crippen LogP contribution is -2.38. The molecule has 0 unspecified atom stereocenters. The highest BCUT2D eigenvalue weighted by Crippen LogP contribution is 2.29. The van der Waals surface area contributed by atoms with Crippen molar-refractivity contribution in [1.29, 1.82) is 0 Å². The Kier molecular flexibility index (Phi) is 4.92. The second-order valence-electron chi connectivity index (χ2n) is 7.02. The van der Waals surface area contributed by atoms with Crippen molar-refractivity contribution in [3.05, 3.63) is 60.7 Å². The Hall–Kier alpha value is -3.08. The fourth-order valence-electron chi connectivity index (χ4n) is 3.80. The number of rotatable bonds is 4. The normalized spacial score (nSPS) is 15.0. The molecule has 0 radical (unpaired) electrons. The summed E-state index contributed by atoms with van der Waals surface area (Å²) >= 11 is 0. The van der Waals surface area contributed by atoms with E-state index >= 15 is 0 Å². The van der Waals surface area contributed by atoms with Gasteiger partial charge in [-0.05, 0) is 41.7 Å². The molecule has 1 fully saturated rings. The number of carboxylic acid groups (broad SMARTS) is 1. The van der Waals surface area contributed by atoms with Crippen LogP contribution in [0.3, 0.4) is 0 Å². The molecule has 0 saturated carbocycles. The third-order valence-corrected chi connectivity index (χ3v) is 5.28. The van der Waals surface area contributed by atoms with Crippen molar-refractivity contribution < 1.29 is 9.90 Å². The second-order valence-corrected chi connectivity index (χ2v) is 7.02. The fraction of sp³-hybridized carbons (Fsp3) is 0.273. The van der Waals surface area contributed by atoms with Gasteiger partial charge in [-0.1, -0.05) is 48.5 Å². The molecule has 1 aliphatic rings. The number of hydrogen-bond donors (Lipinski definition) is 2. The molecule has 5 nitrogen and oxygen atoms in total. The molecule has 1 saturated heterocycles. The molecule has 5 heteroatoms. The molecule has 138 valence electrons. The van der Waals surface area contributed by atoms with E-state index in [1.807, 2.05) is 0 Å². The van der Waals surface area contributed by atoms with Crippen LogP contribution in [-0.2, 0) is 0 Å². The summed E-state index contributed by atoms with van der Waals surface area (Å²) in [6, 6.07) is 20.9. The van der Waals surface area contributed by atoms with E-state index in [2.05, 4.69) is 70.9 Å². The number of fused-ring (bicyclic) bond motifs is 1. The summed E-state index contributed by atoms with van der Waals surface area (Å²) in [7, 11) is 0. The molecule has 2 N–H and O–H groups in total. The SMILES string of the molecule is O=C(O)NCC1CCN(c2cccc(-c3cccc4ccccc34)n2)CC1. The van der Waals surface area contributed by atoms with Crippen molar-refractivity contribution in [2.75, 3.05) is 24.5 Å². The van der Waals surface area contributed by atoms with E-state index in [1.54, 1.807) is 0 Å². The molecule has 3 aromatic rings. The number of nitrogens with one attached hydrogen (secondary N) is 1. The van der Waals surface area contributed by atoms with Crippen LogP contribution in [0, 0.1) is 5.92 Å². The summed E-state index contributed by atoms with van der Waals surface area (Å²) in [5, 5.41) is 13.7. The number of piperidine rings is 1. The van der Waals surface area contributed by atoms with Crippen LogP contribution in [0.15, 0.2) is 60.7 Å². The zero-order valence-electron chi connectivity index (χ0n) is 15.1. The van der Waals surface area contributed by atoms with Gasteiger partial charge in [0.1, 0.15) is 5.82 Å². The monoisotopic (exact) mass is 361 g/mol. The van der Waals surface area contributed by atoms with Crippen molar-refractivity contribution in [2.24, 2.45) is 5.92 Å². The predicted octanol–water partition coefficient (Wildman–Crippen LogP) is 4.39. The van der Waals surface area contributed by atoms with Crippen LogP contribution in [0.4, 0.5) is 10.6 Å².